The van der Waals surface area contributed by atoms with Gasteiger partial charge in [-0.2, -0.15) is 0 Å². The molecule has 0 saturated heterocycles. The number of aromatic nitrogens is 1. The van der Waals surface area contributed by atoms with Gasteiger partial charge >= 0.3 is 87.7 Å². The average Bonchev–Trinajstić information content (AvgIpc) is 2.42. The van der Waals surface area contributed by atoms with E-state index < -0.39 is 0 Å². The predicted molar refractivity (Wildman–Crippen MR) is 52.1 cm³/mol. The van der Waals surface area contributed by atoms with Gasteiger partial charge in [-0.15, -0.1) is 0 Å². The van der Waals surface area contributed by atoms with Crippen molar-refractivity contribution in [1.29, 1.82) is 0 Å². The van der Waals surface area contributed by atoms with Crippen molar-refractivity contribution in [2.75, 3.05) is 0 Å². The van der Waals surface area contributed by atoms with Gasteiger partial charge in [-0.05, 0) is 0 Å². The normalized spacial score (nSPS) is 10.5. The monoisotopic (exact) mass is 308 g/mol. The van der Waals surface area contributed by atoms with Crippen molar-refractivity contribution in [1.82, 2.24) is 4.98 Å². The van der Waals surface area contributed by atoms with Crippen molar-refractivity contribution in [2.24, 2.45) is 0 Å². The number of fused-ring (bicyclic) bond motifs is 1. The number of hydrogen-bond donors (Lipinski definition) is 0. The summed E-state index contributed by atoms with van der Waals surface area (Å²) in [6.45, 7) is 0. The van der Waals surface area contributed by atoms with E-state index in [0.717, 1.165) is 13.2 Å². The third kappa shape index (κ3) is 1.67. The number of non-ortho nitro benzene ring substituents is 1. The number of nitro benzene ring substituents is 1. The Kier molecular flexibility index (Phi) is 2.22. The van der Waals surface area contributed by atoms with Crippen LogP contribution in [0.4, 0.5) is 5.69 Å². The summed E-state index contributed by atoms with van der Waals surface area (Å²) in [7, 11) is 0. The van der Waals surface area contributed by atoms with E-state index in [0.29, 0.717) is 0 Å². The van der Waals surface area contributed by atoms with Crippen molar-refractivity contribution in [3.63, 3.8) is 0 Å². The van der Waals surface area contributed by atoms with Gasteiger partial charge in [0, 0.05) is 0 Å². The summed E-state index contributed by atoms with van der Waals surface area (Å²) < 4.78 is 2.01. The number of rotatable bonds is 1. The van der Waals surface area contributed by atoms with E-state index >= 15 is 0 Å². The molecule has 66 valence electrons. The number of hydrogen-bond acceptors (Lipinski definition) is 3. The molecule has 0 radical (unpaired) electrons. The second-order valence-electron chi connectivity index (χ2n) is 2.41. The van der Waals surface area contributed by atoms with Crippen LogP contribution in [0.25, 0.3) is 9.78 Å². The molecule has 6 heteroatoms. The molecule has 4 nitrogen and oxygen atoms in total. The Labute approximate surface area is 87.7 Å². The molecule has 0 bridgehead atoms. The van der Waals surface area contributed by atoms with Crippen LogP contribution < -0.4 is 3.47 Å². The zero-order valence-electron chi connectivity index (χ0n) is 6.30. The van der Waals surface area contributed by atoms with Crippen molar-refractivity contribution in [3.8, 4) is 0 Å². The molecule has 0 N–H and O–H groups in total. The first-order valence-electron chi connectivity index (χ1n) is 3.41. The first-order valence-corrected chi connectivity index (χ1v) is 6.06. The van der Waals surface area contributed by atoms with Gasteiger partial charge in [-0.1, -0.05) is 0 Å². The summed E-state index contributed by atoms with van der Waals surface area (Å²) in [5.41, 5.74) is 1.03. The number of nitro groups is 1. The fraction of sp³-hybridized carbons (Fsp3) is 0. The molecule has 0 unspecified atom stereocenters. The Bertz CT molecular complexity index is 480. The Morgan fingerprint density at radius 2 is 2.31 bits per heavy atom. The maximum atomic E-state index is 10.5. The average molecular weight is 306 g/mol. The summed E-state index contributed by atoms with van der Waals surface area (Å²) in [4.78, 5) is 14.3. The molecule has 2 rings (SSSR count). The van der Waals surface area contributed by atoms with Gasteiger partial charge in [0.05, 0.1) is 0 Å². The van der Waals surface area contributed by atoms with E-state index in [9.17, 15) is 10.1 Å². The summed E-state index contributed by atoms with van der Waals surface area (Å²) in [5, 5.41) is 10.5. The first-order chi connectivity index (χ1) is 6.16. The summed E-state index contributed by atoms with van der Waals surface area (Å²) in [5.74, 6) is 0. The van der Waals surface area contributed by atoms with E-state index in [4.69, 9.17) is 0 Å². The second kappa shape index (κ2) is 3.24. The predicted octanol–water partition coefficient (Wildman–Crippen LogP) is -0.274. The van der Waals surface area contributed by atoms with E-state index in [2.05, 4.69) is 21.0 Å². The molecule has 13 heavy (non-hydrogen) atoms. The second-order valence-corrected chi connectivity index (χ2v) is 6.93. The molecule has 0 saturated carbocycles. The zero-order chi connectivity index (χ0) is 9.42. The quantitative estimate of drug-likeness (QED) is 0.414. The fourth-order valence-corrected chi connectivity index (χ4v) is 3.86. The van der Waals surface area contributed by atoms with Gasteiger partial charge in [-0.3, -0.25) is 0 Å². The Balaban J connectivity index is 2.67. The zero-order valence-corrected chi connectivity index (χ0v) is 9.89. The molecule has 2 aromatic rings. The molecule has 0 amide bonds. The van der Waals surface area contributed by atoms with Crippen molar-refractivity contribution < 1.29 is 4.92 Å². The number of benzene rings is 1. The SMILES string of the molecule is O=[N+]([O-])c1ccc2nc([SeH])[se]c2c1. The Morgan fingerprint density at radius 1 is 1.54 bits per heavy atom. The van der Waals surface area contributed by atoms with Gasteiger partial charge < -0.3 is 0 Å². The van der Waals surface area contributed by atoms with Gasteiger partial charge in [0.1, 0.15) is 0 Å². The molecule has 1 aromatic heterocycles. The van der Waals surface area contributed by atoms with Crippen molar-refractivity contribution in [3.05, 3.63) is 28.3 Å². The van der Waals surface area contributed by atoms with Crippen molar-refractivity contribution >= 4 is 49.4 Å². The molecule has 0 aliphatic carbocycles. The minimum absolute atomic E-state index is 0.151. The van der Waals surface area contributed by atoms with Crippen LogP contribution in [0.15, 0.2) is 18.2 Å². The van der Waals surface area contributed by atoms with Crippen LogP contribution in [0.5, 0.6) is 0 Å². The van der Waals surface area contributed by atoms with Crippen LogP contribution in [-0.4, -0.2) is 40.4 Å². The Hall–Kier alpha value is -0.671. The van der Waals surface area contributed by atoms with E-state index in [-0.39, 0.29) is 25.1 Å². The summed E-state index contributed by atoms with van der Waals surface area (Å²) >= 11 is 2.55. The molecule has 1 heterocycles. The summed E-state index contributed by atoms with van der Waals surface area (Å²) in [6, 6.07) is 4.80. The third-order valence-corrected chi connectivity index (χ3v) is 4.50. The Morgan fingerprint density at radius 3 is 3.00 bits per heavy atom. The molecule has 0 spiro atoms. The third-order valence-electron chi connectivity index (χ3n) is 1.57. The molecule has 0 aliphatic heterocycles. The molecule has 1 aromatic carbocycles. The van der Waals surface area contributed by atoms with Gasteiger partial charge in [0.15, 0.2) is 0 Å². The molecule has 0 aliphatic rings. The van der Waals surface area contributed by atoms with Gasteiger partial charge in [0.2, 0.25) is 0 Å². The van der Waals surface area contributed by atoms with E-state index in [1.54, 1.807) is 12.1 Å². The summed E-state index contributed by atoms with van der Waals surface area (Å²) in [6.07, 6.45) is 0. The van der Waals surface area contributed by atoms with Crippen LogP contribution in [0.2, 0.25) is 0 Å². The molecular formula is C7H4N2O2Se2. The van der Waals surface area contributed by atoms with Crippen LogP contribution in [0.3, 0.4) is 0 Å². The molecular weight excluding hydrogens is 302 g/mol. The molecule has 0 fully saturated rings. The van der Waals surface area contributed by atoms with E-state index in [1.165, 1.54) is 6.07 Å². The maximum absolute atomic E-state index is 10.5. The standard InChI is InChI=1S/C7H4N2O2Se2/c10-9(11)4-1-2-5-6(3-4)13-7(12)8-5/h1-3H,(H,8,12). The van der Waals surface area contributed by atoms with Gasteiger partial charge in [0.25, 0.3) is 0 Å². The van der Waals surface area contributed by atoms with Gasteiger partial charge in [-0.25, -0.2) is 0 Å². The van der Waals surface area contributed by atoms with Crippen LogP contribution in [-0.2, 0) is 0 Å². The van der Waals surface area contributed by atoms with Crippen LogP contribution >= 0.6 is 0 Å². The van der Waals surface area contributed by atoms with Crippen LogP contribution in [0.1, 0.15) is 0 Å². The molecule has 0 atom stereocenters. The first kappa shape index (κ1) is 8.91. The fourth-order valence-electron chi connectivity index (χ4n) is 1.01. The topological polar surface area (TPSA) is 56.0 Å². The van der Waals surface area contributed by atoms with Crippen molar-refractivity contribution in [2.45, 2.75) is 0 Å². The number of nitrogens with zero attached hydrogens (tertiary/aromatic N) is 2. The minimum atomic E-state index is -0.376. The van der Waals surface area contributed by atoms with E-state index in [1.807, 2.05) is 0 Å². The van der Waals surface area contributed by atoms with Crippen LogP contribution in [0, 0.1) is 10.1 Å².